The average Bonchev–Trinajstić information content (AvgIpc) is 2.64. The summed E-state index contributed by atoms with van der Waals surface area (Å²) in [4.78, 5) is 4.25. The summed E-state index contributed by atoms with van der Waals surface area (Å²) in [5, 5.41) is 4.56. The number of ether oxygens (including phenoxy) is 1. The van der Waals surface area contributed by atoms with Gasteiger partial charge in [0.25, 0.3) is 0 Å². The van der Waals surface area contributed by atoms with E-state index in [1.807, 2.05) is 60.7 Å². The van der Waals surface area contributed by atoms with Crippen molar-refractivity contribution in [2.75, 3.05) is 12.5 Å². The number of hydrazone groups is 1. The molecule has 0 bridgehead atoms. The Bertz CT molecular complexity index is 744. The summed E-state index contributed by atoms with van der Waals surface area (Å²) < 4.78 is 5.20. The number of anilines is 1. The first-order chi connectivity index (χ1) is 11.4. The molecule has 4 nitrogen and oxygen atoms in total. The molecule has 2 aromatic carbocycles. The fourth-order valence-corrected chi connectivity index (χ4v) is 2.20. The largest absolute Gasteiger partial charge is 0.497 e. The molecule has 0 aliphatic rings. The Balaban J connectivity index is 1.95. The van der Waals surface area contributed by atoms with Crippen molar-refractivity contribution in [3.05, 3.63) is 90.1 Å². The van der Waals surface area contributed by atoms with Crippen LogP contribution in [0.4, 0.5) is 5.82 Å². The molecule has 0 aliphatic carbocycles. The van der Waals surface area contributed by atoms with Crippen LogP contribution in [-0.4, -0.2) is 17.8 Å². The summed E-state index contributed by atoms with van der Waals surface area (Å²) in [6, 6.07) is 23.7. The molecule has 1 heterocycles. The van der Waals surface area contributed by atoms with Crippen LogP contribution in [0.2, 0.25) is 0 Å². The number of aromatic nitrogens is 1. The first kappa shape index (κ1) is 14.8. The molecule has 0 radical (unpaired) electrons. The molecule has 0 fully saturated rings. The molecule has 0 amide bonds. The minimum absolute atomic E-state index is 0.633. The van der Waals surface area contributed by atoms with E-state index in [1.165, 1.54) is 0 Å². The van der Waals surface area contributed by atoms with Gasteiger partial charge in [-0.1, -0.05) is 60.7 Å². The molecule has 3 aromatic rings. The minimum Gasteiger partial charge on any atom is -0.497 e. The molecule has 1 N–H and O–H groups in total. The molecular weight excluding hydrogens is 286 g/mol. The van der Waals surface area contributed by atoms with Gasteiger partial charge in [0, 0.05) is 23.4 Å². The quantitative estimate of drug-likeness (QED) is 0.573. The van der Waals surface area contributed by atoms with Gasteiger partial charge in [-0.3, -0.25) is 5.43 Å². The van der Waals surface area contributed by atoms with Crippen LogP contribution in [0.1, 0.15) is 11.1 Å². The molecule has 0 spiro atoms. The zero-order chi connectivity index (χ0) is 15.9. The van der Waals surface area contributed by atoms with E-state index in [4.69, 9.17) is 4.74 Å². The predicted molar refractivity (Wildman–Crippen MR) is 92.9 cm³/mol. The lowest BCUT2D eigenvalue weighted by Gasteiger charge is -2.08. The van der Waals surface area contributed by atoms with E-state index in [1.54, 1.807) is 25.4 Å². The Kier molecular flexibility index (Phi) is 4.64. The molecule has 0 saturated carbocycles. The second-order valence-electron chi connectivity index (χ2n) is 4.89. The van der Waals surface area contributed by atoms with Gasteiger partial charge in [0.2, 0.25) is 0 Å². The third-order valence-corrected chi connectivity index (χ3v) is 3.34. The van der Waals surface area contributed by atoms with Gasteiger partial charge in [-0.15, -0.1) is 0 Å². The Morgan fingerprint density at radius 1 is 0.913 bits per heavy atom. The summed E-state index contributed by atoms with van der Waals surface area (Å²) in [5.74, 6) is 1.37. The number of methoxy groups -OCH3 is 1. The van der Waals surface area contributed by atoms with E-state index in [0.717, 1.165) is 22.6 Å². The highest BCUT2D eigenvalue weighted by molar-refractivity contribution is 6.13. The highest BCUT2D eigenvalue weighted by Gasteiger charge is 2.06. The number of benzene rings is 2. The average molecular weight is 303 g/mol. The number of nitrogens with zero attached hydrogens (tertiary/aromatic N) is 2. The molecule has 1 aromatic heterocycles. The van der Waals surface area contributed by atoms with E-state index in [-0.39, 0.29) is 0 Å². The van der Waals surface area contributed by atoms with Gasteiger partial charge in [0.15, 0.2) is 0 Å². The number of pyridine rings is 1. The molecule has 23 heavy (non-hydrogen) atoms. The number of nitrogens with one attached hydrogen (secondary N) is 1. The second kappa shape index (κ2) is 7.22. The molecule has 0 atom stereocenters. The van der Waals surface area contributed by atoms with Crippen LogP contribution in [0.25, 0.3) is 0 Å². The van der Waals surface area contributed by atoms with E-state index < -0.39 is 0 Å². The number of hydrogen-bond donors (Lipinski definition) is 1. The number of rotatable bonds is 5. The topological polar surface area (TPSA) is 46.5 Å². The van der Waals surface area contributed by atoms with Crippen molar-refractivity contribution in [1.82, 2.24) is 4.98 Å². The molecule has 0 aliphatic heterocycles. The van der Waals surface area contributed by atoms with Crippen molar-refractivity contribution in [2.24, 2.45) is 5.10 Å². The van der Waals surface area contributed by atoms with E-state index in [0.29, 0.717) is 5.82 Å². The van der Waals surface area contributed by atoms with Crippen molar-refractivity contribution >= 4 is 11.5 Å². The van der Waals surface area contributed by atoms with Crippen molar-refractivity contribution in [2.45, 2.75) is 0 Å². The smallest absolute Gasteiger partial charge is 0.149 e. The Morgan fingerprint density at radius 3 is 2.09 bits per heavy atom. The van der Waals surface area contributed by atoms with Gasteiger partial charge in [-0.25, -0.2) is 4.98 Å². The van der Waals surface area contributed by atoms with Crippen molar-refractivity contribution in [1.29, 1.82) is 0 Å². The van der Waals surface area contributed by atoms with Gasteiger partial charge in [-0.2, -0.15) is 5.10 Å². The minimum atomic E-state index is 0.633. The molecule has 3 rings (SSSR count). The van der Waals surface area contributed by atoms with Gasteiger partial charge >= 0.3 is 0 Å². The van der Waals surface area contributed by atoms with E-state index >= 15 is 0 Å². The number of hydrogen-bond acceptors (Lipinski definition) is 4. The lowest BCUT2D eigenvalue weighted by molar-refractivity contribution is 0.414. The van der Waals surface area contributed by atoms with Gasteiger partial charge in [0.1, 0.15) is 11.6 Å². The zero-order valence-corrected chi connectivity index (χ0v) is 12.8. The molecule has 0 unspecified atom stereocenters. The van der Waals surface area contributed by atoms with Crippen LogP contribution in [-0.2, 0) is 0 Å². The van der Waals surface area contributed by atoms with Gasteiger partial charge in [0.05, 0.1) is 12.8 Å². The second-order valence-corrected chi connectivity index (χ2v) is 4.89. The summed E-state index contributed by atoms with van der Waals surface area (Å²) in [5.41, 5.74) is 5.94. The lowest BCUT2D eigenvalue weighted by Crippen LogP contribution is -2.07. The fraction of sp³-hybridized carbons (Fsp3) is 0.0526. The first-order valence-corrected chi connectivity index (χ1v) is 7.31. The third-order valence-electron chi connectivity index (χ3n) is 3.34. The highest BCUT2D eigenvalue weighted by Crippen LogP contribution is 2.15. The Hall–Kier alpha value is -3.14. The SMILES string of the molecule is COc1ccnc(NN=C(c2ccccc2)c2ccccc2)c1. The summed E-state index contributed by atoms with van der Waals surface area (Å²) in [6.45, 7) is 0. The highest BCUT2D eigenvalue weighted by atomic mass is 16.5. The van der Waals surface area contributed by atoms with Crippen molar-refractivity contribution in [3.8, 4) is 5.75 Å². The standard InChI is InChI=1S/C19H17N3O/c1-23-17-12-13-20-18(14-17)21-22-19(15-8-4-2-5-9-15)16-10-6-3-7-11-16/h2-14H,1H3,(H,20,21). The maximum Gasteiger partial charge on any atom is 0.149 e. The molecule has 114 valence electrons. The maximum absolute atomic E-state index is 5.20. The van der Waals surface area contributed by atoms with Crippen LogP contribution in [0.5, 0.6) is 5.75 Å². The van der Waals surface area contributed by atoms with Crippen LogP contribution in [0.3, 0.4) is 0 Å². The Morgan fingerprint density at radius 2 is 1.52 bits per heavy atom. The fourth-order valence-electron chi connectivity index (χ4n) is 2.20. The Labute approximate surface area is 135 Å². The van der Waals surface area contributed by atoms with Crippen LogP contribution in [0, 0.1) is 0 Å². The van der Waals surface area contributed by atoms with E-state index in [9.17, 15) is 0 Å². The van der Waals surface area contributed by atoms with Crippen molar-refractivity contribution in [3.63, 3.8) is 0 Å². The van der Waals surface area contributed by atoms with Gasteiger partial charge in [-0.05, 0) is 6.07 Å². The predicted octanol–water partition coefficient (Wildman–Crippen LogP) is 3.95. The van der Waals surface area contributed by atoms with Crippen LogP contribution in [0.15, 0.2) is 84.1 Å². The molecule has 4 heteroatoms. The van der Waals surface area contributed by atoms with Crippen molar-refractivity contribution < 1.29 is 4.74 Å². The summed E-state index contributed by atoms with van der Waals surface area (Å²) in [6.07, 6.45) is 1.68. The normalized spacial score (nSPS) is 9.96. The van der Waals surface area contributed by atoms with E-state index in [2.05, 4.69) is 15.5 Å². The van der Waals surface area contributed by atoms with Gasteiger partial charge < -0.3 is 4.74 Å². The molecular formula is C19H17N3O. The van der Waals surface area contributed by atoms with Crippen LogP contribution < -0.4 is 10.2 Å². The third kappa shape index (κ3) is 3.74. The maximum atomic E-state index is 5.20. The summed E-state index contributed by atoms with van der Waals surface area (Å²) in [7, 11) is 1.63. The monoisotopic (exact) mass is 303 g/mol. The van der Waals surface area contributed by atoms with Crippen LogP contribution >= 0.6 is 0 Å². The summed E-state index contributed by atoms with van der Waals surface area (Å²) >= 11 is 0. The first-order valence-electron chi connectivity index (χ1n) is 7.31. The zero-order valence-electron chi connectivity index (χ0n) is 12.8. The molecule has 0 saturated heterocycles. The lowest BCUT2D eigenvalue weighted by atomic mass is 10.0.